The average molecular weight is 292 g/mol. The Morgan fingerprint density at radius 3 is 3.05 bits per heavy atom. The minimum Gasteiger partial charge on any atom is -0.459 e. The number of allylic oxidation sites excluding steroid dienone is 1. The van der Waals surface area contributed by atoms with Crippen LogP contribution in [-0.4, -0.2) is 28.9 Å². The summed E-state index contributed by atoms with van der Waals surface area (Å²) in [6.07, 6.45) is 4.25. The third kappa shape index (κ3) is 3.26. The molecule has 110 valence electrons. The molecule has 1 saturated heterocycles. The number of aryl methyl sites for hydroxylation is 1. The molecule has 1 amide bonds. The van der Waals surface area contributed by atoms with E-state index < -0.39 is 0 Å². The summed E-state index contributed by atoms with van der Waals surface area (Å²) >= 11 is 0. The molecule has 0 radical (unpaired) electrons. The number of aromatic nitrogens is 1. The highest BCUT2D eigenvalue weighted by atomic mass is 16.3. The highest BCUT2D eigenvalue weighted by Crippen LogP contribution is 2.17. The van der Waals surface area contributed by atoms with Crippen molar-refractivity contribution in [3.05, 3.63) is 65.4 Å². The second-order valence-corrected chi connectivity index (χ2v) is 5.19. The van der Waals surface area contributed by atoms with Gasteiger partial charge in [-0.05, 0) is 55.2 Å². The zero-order chi connectivity index (χ0) is 15.4. The molecule has 1 fully saturated rings. The summed E-state index contributed by atoms with van der Waals surface area (Å²) < 4.78 is 5.15. The van der Waals surface area contributed by atoms with E-state index in [0.29, 0.717) is 18.8 Å². The lowest BCUT2D eigenvalue weighted by Crippen LogP contribution is -2.27. The van der Waals surface area contributed by atoms with E-state index in [9.17, 15) is 4.79 Å². The second-order valence-electron chi connectivity index (χ2n) is 5.19. The summed E-state index contributed by atoms with van der Waals surface area (Å²) in [6, 6.07) is 9.19. The Bertz CT molecular complexity index is 764. The number of hydrogen-bond donors (Lipinski definition) is 0. The Labute approximate surface area is 129 Å². The minimum atomic E-state index is -0.0679. The van der Waals surface area contributed by atoms with E-state index in [-0.39, 0.29) is 5.91 Å². The van der Waals surface area contributed by atoms with Gasteiger partial charge in [0, 0.05) is 18.8 Å². The summed E-state index contributed by atoms with van der Waals surface area (Å²) in [5.41, 5.74) is 2.87. The van der Waals surface area contributed by atoms with Crippen molar-refractivity contribution >= 4 is 5.91 Å². The molecule has 3 rings (SSSR count). The predicted molar refractivity (Wildman–Crippen MR) is 83.2 cm³/mol. The summed E-state index contributed by atoms with van der Waals surface area (Å²) in [6.45, 7) is 3.25. The number of carbonyl (C=O) groups is 1. The molecule has 0 N–H and O–H groups in total. The standard InChI is InChI=1S/C18H16N2O2/c1-14-5-2-7-16(19-14)8-3-6-15-10-11-20(13-15)18(21)17-9-4-12-22-17/h2,4-7,9,12H,10-11,13H2,1H3/b15-6+. The fourth-order valence-electron chi connectivity index (χ4n) is 2.35. The van der Waals surface area contributed by atoms with Gasteiger partial charge in [-0.25, -0.2) is 4.98 Å². The van der Waals surface area contributed by atoms with Crippen LogP contribution in [0.1, 0.15) is 28.4 Å². The fourth-order valence-corrected chi connectivity index (χ4v) is 2.35. The van der Waals surface area contributed by atoms with Crippen molar-refractivity contribution in [2.24, 2.45) is 0 Å². The molecule has 22 heavy (non-hydrogen) atoms. The Hall–Kier alpha value is -2.80. The highest BCUT2D eigenvalue weighted by Gasteiger charge is 2.23. The van der Waals surface area contributed by atoms with E-state index in [1.165, 1.54) is 6.26 Å². The quantitative estimate of drug-likeness (QED) is 0.759. The summed E-state index contributed by atoms with van der Waals surface area (Å²) in [5, 5.41) is 0. The van der Waals surface area contributed by atoms with E-state index in [0.717, 1.165) is 23.4 Å². The first-order chi connectivity index (χ1) is 10.7. The van der Waals surface area contributed by atoms with Crippen molar-refractivity contribution in [2.75, 3.05) is 13.1 Å². The van der Waals surface area contributed by atoms with Gasteiger partial charge in [-0.3, -0.25) is 4.79 Å². The van der Waals surface area contributed by atoms with Crippen molar-refractivity contribution < 1.29 is 9.21 Å². The average Bonchev–Trinajstić information content (AvgIpc) is 3.18. The maximum Gasteiger partial charge on any atom is 0.289 e. The van der Waals surface area contributed by atoms with Crippen LogP contribution in [0.15, 0.2) is 52.7 Å². The van der Waals surface area contributed by atoms with Crippen molar-refractivity contribution in [1.82, 2.24) is 9.88 Å². The van der Waals surface area contributed by atoms with Gasteiger partial charge in [0.25, 0.3) is 5.91 Å². The van der Waals surface area contributed by atoms with Gasteiger partial charge in [0.1, 0.15) is 5.69 Å². The zero-order valence-electron chi connectivity index (χ0n) is 12.4. The van der Waals surface area contributed by atoms with Gasteiger partial charge in [-0.15, -0.1) is 0 Å². The second kappa shape index (κ2) is 6.31. The lowest BCUT2D eigenvalue weighted by molar-refractivity contribution is 0.0765. The highest BCUT2D eigenvalue weighted by molar-refractivity contribution is 5.91. The number of pyridine rings is 1. The molecule has 4 heteroatoms. The number of likely N-dealkylation sites (tertiary alicyclic amines) is 1. The monoisotopic (exact) mass is 292 g/mol. The zero-order valence-corrected chi connectivity index (χ0v) is 12.4. The Balaban J connectivity index is 1.64. The molecule has 2 aromatic heterocycles. The molecule has 0 saturated carbocycles. The van der Waals surface area contributed by atoms with Gasteiger partial charge in [0.15, 0.2) is 5.76 Å². The van der Waals surface area contributed by atoms with Gasteiger partial charge in [0.05, 0.1) is 6.26 Å². The number of carbonyl (C=O) groups excluding carboxylic acids is 1. The van der Waals surface area contributed by atoms with Crippen molar-refractivity contribution in [3.63, 3.8) is 0 Å². The molecule has 4 nitrogen and oxygen atoms in total. The van der Waals surface area contributed by atoms with E-state index in [1.807, 2.05) is 31.2 Å². The molecular weight excluding hydrogens is 276 g/mol. The molecule has 1 aliphatic rings. The van der Waals surface area contributed by atoms with Gasteiger partial charge < -0.3 is 9.32 Å². The molecule has 0 aliphatic carbocycles. The Kier molecular flexibility index (Phi) is 4.06. The van der Waals surface area contributed by atoms with E-state index in [1.54, 1.807) is 17.0 Å². The lowest BCUT2D eigenvalue weighted by atomic mass is 10.2. The van der Waals surface area contributed by atoms with Crippen molar-refractivity contribution in [1.29, 1.82) is 0 Å². The van der Waals surface area contributed by atoms with Crippen molar-refractivity contribution in [3.8, 4) is 11.8 Å². The molecule has 0 spiro atoms. The SMILES string of the molecule is Cc1cccc(C#C/C=C2\CCN(C(=O)c3ccco3)C2)n1. The number of hydrogen-bond acceptors (Lipinski definition) is 3. The molecule has 2 aromatic rings. The lowest BCUT2D eigenvalue weighted by Gasteiger charge is -2.12. The molecule has 0 bridgehead atoms. The maximum atomic E-state index is 12.1. The number of amides is 1. The Morgan fingerprint density at radius 1 is 1.36 bits per heavy atom. The minimum absolute atomic E-state index is 0.0679. The molecular formula is C18H16N2O2. The van der Waals surface area contributed by atoms with E-state index in [2.05, 4.69) is 16.8 Å². The van der Waals surface area contributed by atoms with Crippen LogP contribution < -0.4 is 0 Å². The molecule has 0 atom stereocenters. The third-order valence-corrected chi connectivity index (χ3v) is 3.48. The maximum absolute atomic E-state index is 12.1. The third-order valence-electron chi connectivity index (χ3n) is 3.48. The van der Waals surface area contributed by atoms with Crippen LogP contribution in [0, 0.1) is 18.8 Å². The van der Waals surface area contributed by atoms with Gasteiger partial charge in [-0.2, -0.15) is 0 Å². The summed E-state index contributed by atoms with van der Waals surface area (Å²) in [5.74, 6) is 6.37. The van der Waals surface area contributed by atoms with E-state index in [4.69, 9.17) is 4.42 Å². The van der Waals surface area contributed by atoms with Crippen LogP contribution >= 0.6 is 0 Å². The van der Waals surface area contributed by atoms with Crippen LogP contribution in [0.3, 0.4) is 0 Å². The van der Waals surface area contributed by atoms with Gasteiger partial charge >= 0.3 is 0 Å². The first-order valence-electron chi connectivity index (χ1n) is 7.18. The topological polar surface area (TPSA) is 46.3 Å². The first kappa shape index (κ1) is 14.2. The summed E-state index contributed by atoms with van der Waals surface area (Å²) in [4.78, 5) is 18.3. The molecule has 3 heterocycles. The van der Waals surface area contributed by atoms with Crippen LogP contribution in [0.2, 0.25) is 0 Å². The molecule has 0 aromatic carbocycles. The Morgan fingerprint density at radius 2 is 2.27 bits per heavy atom. The van der Waals surface area contributed by atoms with Gasteiger partial charge in [-0.1, -0.05) is 12.0 Å². The van der Waals surface area contributed by atoms with Crippen LogP contribution in [0.4, 0.5) is 0 Å². The van der Waals surface area contributed by atoms with Gasteiger partial charge in [0.2, 0.25) is 0 Å². The van der Waals surface area contributed by atoms with Crippen LogP contribution in [0.25, 0.3) is 0 Å². The first-order valence-corrected chi connectivity index (χ1v) is 7.18. The molecule has 1 aliphatic heterocycles. The molecule has 0 unspecified atom stereocenters. The fraction of sp³-hybridized carbons (Fsp3) is 0.222. The number of furan rings is 1. The normalized spacial score (nSPS) is 15.7. The smallest absolute Gasteiger partial charge is 0.289 e. The van der Waals surface area contributed by atoms with Crippen LogP contribution in [0.5, 0.6) is 0 Å². The number of nitrogens with zero attached hydrogens (tertiary/aromatic N) is 2. The van der Waals surface area contributed by atoms with Crippen LogP contribution in [-0.2, 0) is 0 Å². The van der Waals surface area contributed by atoms with Crippen molar-refractivity contribution in [2.45, 2.75) is 13.3 Å². The number of rotatable bonds is 1. The predicted octanol–water partition coefficient (Wildman–Crippen LogP) is 2.81. The summed E-state index contributed by atoms with van der Waals surface area (Å²) in [7, 11) is 0. The largest absolute Gasteiger partial charge is 0.459 e. The van der Waals surface area contributed by atoms with E-state index >= 15 is 0 Å².